The maximum absolute atomic E-state index is 13.6. The number of aromatic nitrogens is 1. The fourth-order valence-corrected chi connectivity index (χ4v) is 4.26. The van der Waals surface area contributed by atoms with Gasteiger partial charge in [0.25, 0.3) is 5.56 Å². The number of ether oxygens (including phenoxy) is 3. The maximum Gasteiger partial charge on any atom is 0.266 e. The average Bonchev–Trinajstić information content (AvgIpc) is 3.02. The van der Waals surface area contributed by atoms with E-state index in [1.807, 2.05) is 0 Å². The largest absolute Gasteiger partial charge is 0.496 e. The predicted molar refractivity (Wildman–Crippen MR) is 101 cm³/mol. The van der Waals surface area contributed by atoms with Gasteiger partial charge in [-0.2, -0.15) is 5.26 Å². The van der Waals surface area contributed by atoms with Crippen molar-refractivity contribution in [2.24, 2.45) is 5.92 Å². The Morgan fingerprint density at radius 1 is 1.24 bits per heavy atom. The third kappa shape index (κ3) is 2.34. The molecule has 0 unspecified atom stereocenters. The lowest BCUT2D eigenvalue weighted by Gasteiger charge is -2.37. The molecule has 0 saturated carbocycles. The Morgan fingerprint density at radius 3 is 2.55 bits per heavy atom. The topological polar surface area (TPSA) is 118 Å². The van der Waals surface area contributed by atoms with Crippen molar-refractivity contribution in [3.8, 4) is 23.3 Å². The third-order valence-corrected chi connectivity index (χ3v) is 5.80. The summed E-state index contributed by atoms with van der Waals surface area (Å²) in [5.74, 6) is -0.891. The summed E-state index contributed by atoms with van der Waals surface area (Å²) >= 11 is 6.39. The lowest BCUT2D eigenvalue weighted by Crippen LogP contribution is -2.50. The van der Waals surface area contributed by atoms with E-state index in [1.165, 1.54) is 26.4 Å². The molecule has 0 fully saturated rings. The highest BCUT2D eigenvalue weighted by Crippen LogP contribution is 2.56. The molecule has 29 heavy (non-hydrogen) atoms. The number of nitrogens with zero attached hydrogens (tertiary/aromatic N) is 1. The van der Waals surface area contributed by atoms with Crippen molar-refractivity contribution in [3.05, 3.63) is 49.9 Å². The van der Waals surface area contributed by atoms with E-state index in [1.54, 1.807) is 13.0 Å². The number of methoxy groups -OCH3 is 2. The Morgan fingerprint density at radius 2 is 1.93 bits per heavy atom. The second kappa shape index (κ2) is 6.36. The van der Waals surface area contributed by atoms with Crippen LogP contribution in [0.3, 0.4) is 0 Å². The van der Waals surface area contributed by atoms with Gasteiger partial charge in [0.05, 0.1) is 19.9 Å². The van der Waals surface area contributed by atoms with Gasteiger partial charge in [0.2, 0.25) is 11.4 Å². The van der Waals surface area contributed by atoms with Crippen LogP contribution in [0, 0.1) is 17.2 Å². The van der Waals surface area contributed by atoms with Crippen LogP contribution in [0.5, 0.6) is 17.2 Å². The van der Waals surface area contributed by atoms with Gasteiger partial charge in [-0.1, -0.05) is 18.5 Å². The molecular formula is C20H15ClN2O6. The van der Waals surface area contributed by atoms with Crippen LogP contribution in [-0.2, 0) is 5.60 Å². The molecule has 0 amide bonds. The normalized spacial score (nSPS) is 22.0. The number of hydrogen-bond donors (Lipinski definition) is 1. The number of rotatable bonds is 2. The van der Waals surface area contributed by atoms with Gasteiger partial charge >= 0.3 is 0 Å². The van der Waals surface area contributed by atoms with E-state index in [0.29, 0.717) is 0 Å². The summed E-state index contributed by atoms with van der Waals surface area (Å²) in [6.07, 6.45) is -0.0132. The summed E-state index contributed by atoms with van der Waals surface area (Å²) in [5.41, 5.74) is -2.42. The number of pyridine rings is 1. The van der Waals surface area contributed by atoms with Crippen LogP contribution < -0.4 is 19.8 Å². The minimum atomic E-state index is -1.68. The maximum atomic E-state index is 13.6. The van der Waals surface area contributed by atoms with Crippen molar-refractivity contribution >= 4 is 23.2 Å². The second-order valence-electron chi connectivity index (χ2n) is 6.91. The van der Waals surface area contributed by atoms with Crippen LogP contribution in [0.25, 0.3) is 0 Å². The lowest BCUT2D eigenvalue weighted by atomic mass is 9.71. The first-order valence-electron chi connectivity index (χ1n) is 8.69. The van der Waals surface area contributed by atoms with Gasteiger partial charge in [-0.15, -0.1) is 0 Å². The Balaban J connectivity index is 2.05. The Kier molecular flexibility index (Phi) is 4.17. The van der Waals surface area contributed by atoms with Gasteiger partial charge in [0, 0.05) is 24.0 Å². The molecule has 2 atom stereocenters. The fraction of sp³-hybridized carbons (Fsp3) is 0.300. The summed E-state index contributed by atoms with van der Waals surface area (Å²) in [5, 5.41) is 9.22. The predicted octanol–water partition coefficient (Wildman–Crippen LogP) is 2.61. The monoisotopic (exact) mass is 414 g/mol. The number of hydrogen-bond acceptors (Lipinski definition) is 7. The molecule has 148 valence electrons. The van der Waals surface area contributed by atoms with E-state index in [4.69, 9.17) is 31.1 Å². The van der Waals surface area contributed by atoms with Gasteiger partial charge in [-0.05, 0) is 6.07 Å². The summed E-state index contributed by atoms with van der Waals surface area (Å²) in [4.78, 5) is 41.1. The lowest BCUT2D eigenvalue weighted by molar-refractivity contribution is 0.0191. The molecule has 2 heterocycles. The molecule has 1 aliphatic carbocycles. The average molecular weight is 415 g/mol. The summed E-state index contributed by atoms with van der Waals surface area (Å²) < 4.78 is 16.7. The van der Waals surface area contributed by atoms with Gasteiger partial charge in [0.15, 0.2) is 11.5 Å². The molecule has 1 spiro atoms. The van der Waals surface area contributed by atoms with Crippen LogP contribution in [0.15, 0.2) is 16.9 Å². The minimum absolute atomic E-state index is 0.0132. The quantitative estimate of drug-likeness (QED) is 0.802. The van der Waals surface area contributed by atoms with Crippen LogP contribution in [-0.4, -0.2) is 30.8 Å². The molecule has 1 N–H and O–H groups in total. The first kappa shape index (κ1) is 19.0. The number of Topliss-reactive ketones (excluding diaryl/α,β-unsaturated/α-hetero) is 2. The first-order chi connectivity index (χ1) is 13.8. The zero-order valence-electron chi connectivity index (χ0n) is 15.7. The van der Waals surface area contributed by atoms with Crippen LogP contribution in [0.1, 0.15) is 45.3 Å². The van der Waals surface area contributed by atoms with E-state index in [-0.39, 0.29) is 56.9 Å². The number of nitriles is 1. The minimum Gasteiger partial charge on any atom is -0.496 e. The van der Waals surface area contributed by atoms with Gasteiger partial charge in [0.1, 0.15) is 33.7 Å². The van der Waals surface area contributed by atoms with E-state index in [2.05, 4.69) is 4.98 Å². The van der Waals surface area contributed by atoms with Crippen molar-refractivity contribution in [1.82, 2.24) is 4.98 Å². The number of carbonyl (C=O) groups excluding carboxylic acids is 2. The molecule has 0 bridgehead atoms. The molecule has 0 radical (unpaired) electrons. The molecular weight excluding hydrogens is 400 g/mol. The van der Waals surface area contributed by atoms with E-state index < -0.39 is 22.9 Å². The zero-order chi connectivity index (χ0) is 21.1. The molecule has 2 aliphatic rings. The number of ketones is 2. The molecule has 9 heteroatoms. The van der Waals surface area contributed by atoms with Crippen LogP contribution in [0.2, 0.25) is 5.02 Å². The van der Waals surface area contributed by atoms with Crippen molar-refractivity contribution in [2.75, 3.05) is 14.2 Å². The van der Waals surface area contributed by atoms with Crippen LogP contribution >= 0.6 is 11.6 Å². The summed E-state index contributed by atoms with van der Waals surface area (Å²) in [6, 6.07) is 4.42. The number of benzene rings is 1. The van der Waals surface area contributed by atoms with E-state index in [0.717, 1.165) is 0 Å². The van der Waals surface area contributed by atoms with Crippen molar-refractivity contribution in [1.29, 1.82) is 5.26 Å². The molecule has 8 nitrogen and oxygen atoms in total. The zero-order valence-corrected chi connectivity index (χ0v) is 16.5. The molecule has 1 aromatic heterocycles. The standard InChI is InChI=1S/C20H15ClN2O6/c1-8-4-11(24)10-5-9(7-22)19(26)23-17(10)20(8)18(25)14-12(27-2)6-13(28-3)15(21)16(14)29-20/h5-6,8H,4H2,1-3H3,(H,23,26)/t8-,20+/m1/s1. The van der Waals surface area contributed by atoms with Crippen LogP contribution in [0.4, 0.5) is 0 Å². The second-order valence-corrected chi connectivity index (χ2v) is 7.28. The number of halogens is 1. The highest BCUT2D eigenvalue weighted by molar-refractivity contribution is 6.35. The third-order valence-electron chi connectivity index (χ3n) is 5.44. The smallest absolute Gasteiger partial charge is 0.266 e. The van der Waals surface area contributed by atoms with Gasteiger partial charge in [-0.3, -0.25) is 14.4 Å². The van der Waals surface area contributed by atoms with Gasteiger partial charge < -0.3 is 19.2 Å². The molecule has 1 aliphatic heterocycles. The molecule has 2 aromatic rings. The Bertz CT molecular complexity index is 1190. The number of nitrogens with one attached hydrogen (secondary N) is 1. The Labute approximate surface area is 170 Å². The molecule has 4 rings (SSSR count). The first-order valence-corrected chi connectivity index (χ1v) is 9.07. The SMILES string of the molecule is COc1cc(OC)c2c(c1Cl)O[C@]1(C2=O)c2[nH]c(=O)c(C#N)cc2C(=O)C[C@H]1C. The Hall–Kier alpha value is -3.31. The van der Waals surface area contributed by atoms with Crippen molar-refractivity contribution in [2.45, 2.75) is 18.9 Å². The van der Waals surface area contributed by atoms with Crippen molar-refractivity contribution in [3.63, 3.8) is 0 Å². The molecule has 1 aromatic carbocycles. The fourth-order valence-electron chi connectivity index (χ4n) is 3.99. The number of carbonyl (C=O) groups is 2. The summed E-state index contributed by atoms with van der Waals surface area (Å²) in [7, 11) is 2.81. The van der Waals surface area contributed by atoms with Gasteiger partial charge in [-0.25, -0.2) is 0 Å². The summed E-state index contributed by atoms with van der Waals surface area (Å²) in [6.45, 7) is 1.68. The highest BCUT2D eigenvalue weighted by atomic mass is 35.5. The molecule has 0 saturated heterocycles. The van der Waals surface area contributed by atoms with E-state index >= 15 is 0 Å². The van der Waals surface area contributed by atoms with E-state index in [9.17, 15) is 14.4 Å². The number of aromatic amines is 1. The van der Waals surface area contributed by atoms with Crippen molar-refractivity contribution < 1.29 is 23.8 Å². The number of H-pyrrole nitrogens is 1. The highest BCUT2D eigenvalue weighted by Gasteiger charge is 2.60. The number of fused-ring (bicyclic) bond motifs is 3.